The average molecular weight is 398 g/mol. The predicted molar refractivity (Wildman–Crippen MR) is 122 cm³/mol. The van der Waals surface area contributed by atoms with Crippen molar-refractivity contribution in [2.24, 2.45) is 51.5 Å². The maximum absolute atomic E-state index is 9.22. The van der Waals surface area contributed by atoms with Gasteiger partial charge < -0.3 is 5.21 Å². The first-order chi connectivity index (χ1) is 13.8. The highest BCUT2D eigenvalue weighted by Gasteiger charge is 2.58. The second kappa shape index (κ2) is 7.89. The summed E-state index contributed by atoms with van der Waals surface area (Å²) in [5, 5.41) is 12.7. The number of oxime groups is 1. The molecule has 0 radical (unpaired) electrons. The van der Waals surface area contributed by atoms with E-state index < -0.39 is 0 Å². The largest absolute Gasteiger partial charge is 0.410 e. The quantitative estimate of drug-likeness (QED) is 0.375. The minimum absolute atomic E-state index is 0.180. The Labute approximate surface area is 178 Å². The highest BCUT2D eigenvalue weighted by atomic mass is 16.4. The van der Waals surface area contributed by atoms with Crippen LogP contribution in [-0.4, -0.2) is 10.9 Å². The standard InChI is InChI=1S/C27H43NO/c1-18(2)7-6-8-19(3)23-11-12-24-22-10-9-20-17-21(28-29)13-15-26(20,4)25(22)14-16-27(23,24)5/h13,15,17-19,22-25,29H,6-12,14,16H2,1-5H3/b28-21-/t19-,22+,23-,24+,25+,26+,27-/m1/s1. The molecule has 0 saturated heterocycles. The van der Waals surface area contributed by atoms with Gasteiger partial charge in [0.1, 0.15) is 5.71 Å². The maximum Gasteiger partial charge on any atom is 0.102 e. The molecule has 4 aliphatic carbocycles. The van der Waals surface area contributed by atoms with Gasteiger partial charge in [0.25, 0.3) is 0 Å². The molecule has 3 fully saturated rings. The van der Waals surface area contributed by atoms with E-state index in [0.717, 1.165) is 41.2 Å². The Hall–Kier alpha value is -1.05. The summed E-state index contributed by atoms with van der Waals surface area (Å²) in [4.78, 5) is 0. The normalized spacial score (nSPS) is 43.7. The van der Waals surface area contributed by atoms with Crippen molar-refractivity contribution in [1.29, 1.82) is 0 Å². The van der Waals surface area contributed by atoms with Crippen LogP contribution in [0.25, 0.3) is 0 Å². The molecule has 0 aromatic carbocycles. The van der Waals surface area contributed by atoms with Gasteiger partial charge in [0.05, 0.1) is 0 Å². The summed E-state index contributed by atoms with van der Waals surface area (Å²) in [5.41, 5.74) is 2.98. The molecule has 0 bridgehead atoms. The van der Waals surface area contributed by atoms with Crippen molar-refractivity contribution in [3.05, 3.63) is 23.8 Å². The molecular formula is C27H43NO. The van der Waals surface area contributed by atoms with Crippen molar-refractivity contribution < 1.29 is 5.21 Å². The summed E-state index contributed by atoms with van der Waals surface area (Å²) in [6.07, 6.45) is 19.0. The van der Waals surface area contributed by atoms with Crippen LogP contribution in [0.3, 0.4) is 0 Å². The molecule has 0 amide bonds. The molecule has 1 N–H and O–H groups in total. The minimum Gasteiger partial charge on any atom is -0.410 e. The van der Waals surface area contributed by atoms with Gasteiger partial charge in [-0.3, -0.25) is 0 Å². The molecule has 162 valence electrons. The number of rotatable bonds is 5. The van der Waals surface area contributed by atoms with E-state index >= 15 is 0 Å². The monoisotopic (exact) mass is 397 g/mol. The van der Waals surface area contributed by atoms with Gasteiger partial charge in [-0.05, 0) is 91.6 Å². The smallest absolute Gasteiger partial charge is 0.102 e. The zero-order valence-corrected chi connectivity index (χ0v) is 19.5. The Morgan fingerprint density at radius 1 is 1.07 bits per heavy atom. The van der Waals surface area contributed by atoms with E-state index in [1.54, 1.807) is 0 Å². The van der Waals surface area contributed by atoms with Crippen LogP contribution < -0.4 is 0 Å². The summed E-state index contributed by atoms with van der Waals surface area (Å²) >= 11 is 0. The highest BCUT2D eigenvalue weighted by molar-refractivity contribution is 6.05. The van der Waals surface area contributed by atoms with E-state index in [1.165, 1.54) is 63.4 Å². The molecule has 4 rings (SSSR count). The summed E-state index contributed by atoms with van der Waals surface area (Å²) in [5.74, 6) is 5.22. The predicted octanol–water partition coefficient (Wildman–Crippen LogP) is 7.63. The highest BCUT2D eigenvalue weighted by Crippen LogP contribution is 2.67. The first kappa shape index (κ1) is 21.2. The Kier molecular flexibility index (Phi) is 5.77. The van der Waals surface area contributed by atoms with Gasteiger partial charge in [0, 0.05) is 5.41 Å². The molecule has 2 nitrogen and oxygen atoms in total. The third kappa shape index (κ3) is 3.53. The average Bonchev–Trinajstić information content (AvgIpc) is 3.04. The van der Waals surface area contributed by atoms with Gasteiger partial charge in [-0.25, -0.2) is 0 Å². The Bertz CT molecular complexity index is 703. The van der Waals surface area contributed by atoms with Crippen molar-refractivity contribution in [3.63, 3.8) is 0 Å². The first-order valence-electron chi connectivity index (χ1n) is 12.4. The lowest BCUT2D eigenvalue weighted by Gasteiger charge is -2.57. The second-order valence-electron chi connectivity index (χ2n) is 11.8. The number of fused-ring (bicyclic) bond motifs is 5. The van der Waals surface area contributed by atoms with Crippen LogP contribution in [0.15, 0.2) is 29.0 Å². The summed E-state index contributed by atoms with van der Waals surface area (Å²) in [6.45, 7) is 12.4. The fraction of sp³-hybridized carbons (Fsp3) is 0.815. The molecule has 3 saturated carbocycles. The van der Waals surface area contributed by atoms with E-state index in [9.17, 15) is 5.21 Å². The Morgan fingerprint density at radius 3 is 2.59 bits per heavy atom. The zero-order valence-electron chi connectivity index (χ0n) is 19.5. The van der Waals surface area contributed by atoms with Crippen LogP contribution in [0.1, 0.15) is 92.4 Å². The van der Waals surface area contributed by atoms with Gasteiger partial charge >= 0.3 is 0 Å². The minimum atomic E-state index is 0.180. The Balaban J connectivity index is 1.50. The lowest BCUT2D eigenvalue weighted by atomic mass is 9.47. The van der Waals surface area contributed by atoms with E-state index in [2.05, 4.69) is 51.9 Å². The molecule has 0 heterocycles. The molecular weight excluding hydrogens is 354 g/mol. The van der Waals surface area contributed by atoms with E-state index in [1.807, 2.05) is 6.08 Å². The SMILES string of the molecule is CC(C)CCC[C@@H](C)[C@H]1CC[C@H]2[C@@H]3CCC4=C/C(=N\O)C=C[C@]4(C)[C@H]3CC[C@]12C. The molecule has 29 heavy (non-hydrogen) atoms. The summed E-state index contributed by atoms with van der Waals surface area (Å²) in [7, 11) is 0. The summed E-state index contributed by atoms with van der Waals surface area (Å²) in [6, 6.07) is 0. The van der Waals surface area contributed by atoms with E-state index in [0.29, 0.717) is 5.41 Å². The lowest BCUT2D eigenvalue weighted by Crippen LogP contribution is -2.50. The second-order valence-corrected chi connectivity index (χ2v) is 11.8. The van der Waals surface area contributed by atoms with Crippen molar-refractivity contribution in [1.82, 2.24) is 0 Å². The fourth-order valence-corrected chi connectivity index (χ4v) is 8.29. The number of hydrogen-bond acceptors (Lipinski definition) is 2. The molecule has 0 aromatic heterocycles. The topological polar surface area (TPSA) is 32.6 Å². The van der Waals surface area contributed by atoms with Crippen LogP contribution in [0, 0.1) is 46.3 Å². The van der Waals surface area contributed by atoms with Gasteiger partial charge in [0.2, 0.25) is 0 Å². The van der Waals surface area contributed by atoms with Crippen LogP contribution >= 0.6 is 0 Å². The van der Waals surface area contributed by atoms with Crippen molar-refractivity contribution in [2.75, 3.05) is 0 Å². The lowest BCUT2D eigenvalue weighted by molar-refractivity contribution is -0.0434. The molecule has 2 heteroatoms. The number of allylic oxidation sites excluding steroid dienone is 4. The Morgan fingerprint density at radius 2 is 1.86 bits per heavy atom. The number of nitrogens with zero attached hydrogens (tertiary/aromatic N) is 1. The molecule has 4 aliphatic rings. The van der Waals surface area contributed by atoms with Crippen molar-refractivity contribution >= 4 is 5.71 Å². The third-order valence-corrected chi connectivity index (χ3v) is 9.89. The molecule has 0 spiro atoms. The van der Waals surface area contributed by atoms with Gasteiger partial charge in [0.15, 0.2) is 0 Å². The van der Waals surface area contributed by atoms with Crippen molar-refractivity contribution in [3.8, 4) is 0 Å². The van der Waals surface area contributed by atoms with Crippen LogP contribution in [0.4, 0.5) is 0 Å². The van der Waals surface area contributed by atoms with Gasteiger partial charge in [-0.1, -0.05) is 70.7 Å². The maximum atomic E-state index is 9.22. The molecule has 0 aromatic rings. The zero-order chi connectivity index (χ0) is 20.8. The van der Waals surface area contributed by atoms with Gasteiger partial charge in [-0.2, -0.15) is 0 Å². The molecule has 0 aliphatic heterocycles. The van der Waals surface area contributed by atoms with Crippen LogP contribution in [-0.2, 0) is 0 Å². The first-order valence-corrected chi connectivity index (χ1v) is 12.4. The van der Waals surface area contributed by atoms with Crippen LogP contribution in [0.5, 0.6) is 0 Å². The van der Waals surface area contributed by atoms with Crippen molar-refractivity contribution in [2.45, 2.75) is 92.4 Å². The van der Waals surface area contributed by atoms with E-state index in [-0.39, 0.29) is 5.41 Å². The molecule has 0 unspecified atom stereocenters. The van der Waals surface area contributed by atoms with E-state index in [4.69, 9.17) is 0 Å². The molecule has 7 atom stereocenters. The number of hydrogen-bond donors (Lipinski definition) is 1. The third-order valence-electron chi connectivity index (χ3n) is 9.89. The van der Waals surface area contributed by atoms with Gasteiger partial charge in [-0.15, -0.1) is 0 Å². The summed E-state index contributed by atoms with van der Waals surface area (Å²) < 4.78 is 0. The van der Waals surface area contributed by atoms with Crippen LogP contribution in [0.2, 0.25) is 0 Å². The fourth-order valence-electron chi connectivity index (χ4n) is 8.29.